The molecule has 0 aromatic heterocycles. The predicted octanol–water partition coefficient (Wildman–Crippen LogP) is 3.36. The van der Waals surface area contributed by atoms with Crippen molar-refractivity contribution in [2.75, 3.05) is 13.7 Å². The van der Waals surface area contributed by atoms with E-state index < -0.39 is 5.97 Å². The van der Waals surface area contributed by atoms with E-state index in [-0.39, 0.29) is 11.5 Å². The van der Waals surface area contributed by atoms with Crippen LogP contribution in [0.4, 0.5) is 0 Å². The summed E-state index contributed by atoms with van der Waals surface area (Å²) in [5, 5.41) is 9.12. The molecule has 0 radical (unpaired) electrons. The number of ether oxygens (including phenoxy) is 1. The van der Waals surface area contributed by atoms with E-state index in [4.69, 9.17) is 9.84 Å². The number of nitrogens with zero attached hydrogens (tertiary/aromatic N) is 1. The molecule has 5 nitrogen and oxygen atoms in total. The summed E-state index contributed by atoms with van der Waals surface area (Å²) in [5.41, 5.74) is 2.21. The summed E-state index contributed by atoms with van der Waals surface area (Å²) >= 11 is 0. The van der Waals surface area contributed by atoms with Gasteiger partial charge in [0.15, 0.2) is 0 Å². The standard InChI is InChI=1S/C19H21NO4/c1-4-24-17-7-5-14(6-8-17)12-20(3)18(21)15-9-13(2)10-16(11-15)19(22)23/h5-11H,4,12H2,1-3H3,(H,22,23). The highest BCUT2D eigenvalue weighted by atomic mass is 16.5. The molecule has 2 rings (SSSR count). The molecule has 0 atom stereocenters. The molecule has 0 saturated heterocycles. The zero-order valence-electron chi connectivity index (χ0n) is 14.1. The lowest BCUT2D eigenvalue weighted by Crippen LogP contribution is -2.26. The van der Waals surface area contributed by atoms with E-state index in [1.165, 1.54) is 6.07 Å². The third kappa shape index (κ3) is 4.35. The summed E-state index contributed by atoms with van der Waals surface area (Å²) in [4.78, 5) is 25.3. The molecular formula is C19H21NO4. The van der Waals surface area contributed by atoms with Crippen LogP contribution in [-0.2, 0) is 6.54 Å². The van der Waals surface area contributed by atoms with Gasteiger partial charge in [0.2, 0.25) is 0 Å². The molecule has 5 heteroatoms. The summed E-state index contributed by atoms with van der Waals surface area (Å²) in [6.07, 6.45) is 0. The van der Waals surface area contributed by atoms with Gasteiger partial charge >= 0.3 is 5.97 Å². The first-order valence-electron chi connectivity index (χ1n) is 7.73. The molecule has 0 heterocycles. The Kier molecular flexibility index (Phi) is 5.58. The summed E-state index contributed by atoms with van der Waals surface area (Å²) < 4.78 is 5.40. The van der Waals surface area contributed by atoms with Gasteiger partial charge in [0, 0.05) is 19.2 Å². The molecule has 0 bridgehead atoms. The van der Waals surface area contributed by atoms with Gasteiger partial charge in [0.1, 0.15) is 5.75 Å². The number of aromatic carboxylic acids is 1. The van der Waals surface area contributed by atoms with Crippen LogP contribution in [0.1, 0.15) is 38.8 Å². The fourth-order valence-corrected chi connectivity index (χ4v) is 2.45. The number of aryl methyl sites for hydroxylation is 1. The Morgan fingerprint density at radius 1 is 1.08 bits per heavy atom. The van der Waals surface area contributed by atoms with Gasteiger partial charge in [-0.3, -0.25) is 4.79 Å². The number of benzene rings is 2. The highest BCUT2D eigenvalue weighted by molar-refractivity contribution is 5.97. The zero-order chi connectivity index (χ0) is 17.7. The second kappa shape index (κ2) is 7.64. The van der Waals surface area contributed by atoms with Crippen molar-refractivity contribution < 1.29 is 19.4 Å². The zero-order valence-corrected chi connectivity index (χ0v) is 14.1. The Morgan fingerprint density at radius 2 is 1.71 bits per heavy atom. The highest BCUT2D eigenvalue weighted by Crippen LogP contribution is 2.16. The van der Waals surface area contributed by atoms with Crippen molar-refractivity contribution in [1.82, 2.24) is 4.90 Å². The summed E-state index contributed by atoms with van der Waals surface area (Å²) in [6, 6.07) is 12.2. The van der Waals surface area contributed by atoms with Gasteiger partial charge in [-0.2, -0.15) is 0 Å². The molecule has 1 amide bonds. The van der Waals surface area contributed by atoms with Crippen LogP contribution in [0.15, 0.2) is 42.5 Å². The maximum Gasteiger partial charge on any atom is 0.335 e. The molecule has 0 aliphatic heterocycles. The van der Waals surface area contributed by atoms with E-state index in [1.807, 2.05) is 31.2 Å². The Morgan fingerprint density at radius 3 is 2.29 bits per heavy atom. The van der Waals surface area contributed by atoms with Gasteiger partial charge in [-0.25, -0.2) is 4.79 Å². The lowest BCUT2D eigenvalue weighted by atomic mass is 10.1. The molecule has 0 aliphatic carbocycles. The van der Waals surface area contributed by atoms with Crippen molar-refractivity contribution in [3.63, 3.8) is 0 Å². The first kappa shape index (κ1) is 17.5. The smallest absolute Gasteiger partial charge is 0.335 e. The van der Waals surface area contributed by atoms with Crippen LogP contribution >= 0.6 is 0 Å². The van der Waals surface area contributed by atoms with E-state index >= 15 is 0 Å². The molecule has 24 heavy (non-hydrogen) atoms. The van der Waals surface area contributed by atoms with E-state index in [1.54, 1.807) is 31.0 Å². The van der Waals surface area contributed by atoms with E-state index in [0.717, 1.165) is 16.9 Å². The highest BCUT2D eigenvalue weighted by Gasteiger charge is 2.15. The van der Waals surface area contributed by atoms with Crippen LogP contribution in [0, 0.1) is 6.92 Å². The van der Waals surface area contributed by atoms with E-state index in [9.17, 15) is 9.59 Å². The van der Waals surface area contributed by atoms with Gasteiger partial charge in [-0.1, -0.05) is 12.1 Å². The van der Waals surface area contributed by atoms with Crippen molar-refractivity contribution in [1.29, 1.82) is 0 Å². The Bertz CT molecular complexity index is 738. The van der Waals surface area contributed by atoms with Crippen LogP contribution in [0.3, 0.4) is 0 Å². The summed E-state index contributed by atoms with van der Waals surface area (Å²) in [7, 11) is 1.70. The fraction of sp³-hybridized carbons (Fsp3) is 0.263. The average Bonchev–Trinajstić information content (AvgIpc) is 2.55. The minimum absolute atomic E-state index is 0.118. The van der Waals surface area contributed by atoms with Crippen molar-refractivity contribution in [3.05, 3.63) is 64.7 Å². The van der Waals surface area contributed by atoms with Gasteiger partial charge in [-0.15, -0.1) is 0 Å². The Labute approximate surface area is 141 Å². The number of carbonyl (C=O) groups excluding carboxylic acids is 1. The van der Waals surface area contributed by atoms with Crippen LogP contribution < -0.4 is 4.74 Å². The molecule has 0 aliphatic rings. The van der Waals surface area contributed by atoms with Gasteiger partial charge in [-0.05, 0) is 55.3 Å². The van der Waals surface area contributed by atoms with Crippen molar-refractivity contribution in [3.8, 4) is 5.75 Å². The molecule has 0 unspecified atom stereocenters. The number of hydrogen-bond donors (Lipinski definition) is 1. The van der Waals surface area contributed by atoms with Crippen LogP contribution in [0.25, 0.3) is 0 Å². The molecular weight excluding hydrogens is 306 g/mol. The lowest BCUT2D eigenvalue weighted by molar-refractivity contribution is 0.0696. The number of rotatable bonds is 6. The van der Waals surface area contributed by atoms with Gasteiger partial charge < -0.3 is 14.7 Å². The predicted molar refractivity (Wildman–Crippen MR) is 91.5 cm³/mol. The van der Waals surface area contributed by atoms with Crippen LogP contribution in [0.2, 0.25) is 0 Å². The molecule has 2 aromatic carbocycles. The van der Waals surface area contributed by atoms with Crippen LogP contribution in [-0.4, -0.2) is 35.5 Å². The third-order valence-corrected chi connectivity index (χ3v) is 3.57. The minimum Gasteiger partial charge on any atom is -0.494 e. The van der Waals surface area contributed by atoms with Crippen molar-refractivity contribution in [2.24, 2.45) is 0 Å². The molecule has 0 saturated carbocycles. The Hall–Kier alpha value is -2.82. The van der Waals surface area contributed by atoms with Crippen LogP contribution in [0.5, 0.6) is 5.75 Å². The first-order chi connectivity index (χ1) is 11.4. The summed E-state index contributed by atoms with van der Waals surface area (Å²) in [6.45, 7) is 4.74. The SMILES string of the molecule is CCOc1ccc(CN(C)C(=O)c2cc(C)cc(C(=O)O)c2)cc1. The largest absolute Gasteiger partial charge is 0.494 e. The van der Waals surface area contributed by atoms with E-state index in [0.29, 0.717) is 18.7 Å². The van der Waals surface area contributed by atoms with E-state index in [2.05, 4.69) is 0 Å². The number of hydrogen-bond acceptors (Lipinski definition) is 3. The molecule has 0 fully saturated rings. The maximum absolute atomic E-state index is 12.6. The fourth-order valence-electron chi connectivity index (χ4n) is 2.45. The molecule has 1 N–H and O–H groups in total. The molecule has 126 valence electrons. The summed E-state index contributed by atoms with van der Waals surface area (Å²) in [5.74, 6) is -0.461. The number of amides is 1. The maximum atomic E-state index is 12.6. The number of carboxylic acids is 1. The van der Waals surface area contributed by atoms with Crippen molar-refractivity contribution in [2.45, 2.75) is 20.4 Å². The normalized spacial score (nSPS) is 10.3. The Balaban J connectivity index is 2.13. The second-order valence-corrected chi connectivity index (χ2v) is 5.63. The number of carboxylic acid groups (broad SMARTS) is 1. The lowest BCUT2D eigenvalue weighted by Gasteiger charge is -2.18. The monoisotopic (exact) mass is 327 g/mol. The average molecular weight is 327 g/mol. The van der Waals surface area contributed by atoms with Gasteiger partial charge in [0.05, 0.1) is 12.2 Å². The molecule has 0 spiro atoms. The second-order valence-electron chi connectivity index (χ2n) is 5.63. The first-order valence-corrected chi connectivity index (χ1v) is 7.73. The van der Waals surface area contributed by atoms with Gasteiger partial charge in [0.25, 0.3) is 5.91 Å². The van der Waals surface area contributed by atoms with Crippen molar-refractivity contribution >= 4 is 11.9 Å². The third-order valence-electron chi connectivity index (χ3n) is 3.57. The topological polar surface area (TPSA) is 66.8 Å². The minimum atomic E-state index is -1.04. The quantitative estimate of drug-likeness (QED) is 0.883. The number of carbonyl (C=O) groups is 2. The molecule has 2 aromatic rings.